The Hall–Kier alpha value is -1.93. The van der Waals surface area contributed by atoms with Crippen LogP contribution in [0.15, 0.2) is 30.3 Å². The van der Waals surface area contributed by atoms with E-state index >= 15 is 0 Å². The summed E-state index contributed by atoms with van der Waals surface area (Å²) in [5.41, 5.74) is 1.13. The molecule has 166 valence electrons. The lowest BCUT2D eigenvalue weighted by Gasteiger charge is -2.37. The third kappa shape index (κ3) is 5.82. The number of ether oxygens (including phenoxy) is 1. The fourth-order valence-corrected chi connectivity index (χ4v) is 5.97. The molecule has 0 aliphatic carbocycles. The van der Waals surface area contributed by atoms with Gasteiger partial charge in [-0.3, -0.25) is 9.59 Å². The van der Waals surface area contributed by atoms with Crippen molar-refractivity contribution in [3.8, 4) is 0 Å². The van der Waals surface area contributed by atoms with E-state index in [1.54, 1.807) is 4.90 Å². The predicted molar refractivity (Wildman–Crippen MR) is 114 cm³/mol. The average molecular weight is 437 g/mol. The maximum absolute atomic E-state index is 13.0. The van der Waals surface area contributed by atoms with Crippen LogP contribution in [-0.2, 0) is 30.8 Å². The van der Waals surface area contributed by atoms with Crippen LogP contribution in [0.25, 0.3) is 0 Å². The second kappa shape index (κ2) is 10.4. The lowest BCUT2D eigenvalue weighted by atomic mass is 9.93. The number of methoxy groups -OCH3 is 1. The molecule has 0 radical (unpaired) electrons. The van der Waals surface area contributed by atoms with Gasteiger partial charge in [0.1, 0.15) is 0 Å². The molecular formula is C22H32N2O5S. The molecule has 2 saturated heterocycles. The first-order valence-electron chi connectivity index (χ1n) is 10.8. The van der Waals surface area contributed by atoms with E-state index in [2.05, 4.69) is 0 Å². The molecule has 30 heavy (non-hydrogen) atoms. The van der Waals surface area contributed by atoms with Crippen LogP contribution >= 0.6 is 0 Å². The molecule has 8 heteroatoms. The van der Waals surface area contributed by atoms with Crippen LogP contribution in [-0.4, -0.2) is 68.5 Å². The molecule has 0 aromatic heterocycles. The number of likely N-dealkylation sites (tertiary alicyclic amines) is 1. The normalized spacial score (nSPS) is 21.4. The monoisotopic (exact) mass is 436 g/mol. The van der Waals surface area contributed by atoms with Crippen molar-refractivity contribution in [3.05, 3.63) is 35.9 Å². The Labute approximate surface area is 179 Å². The van der Waals surface area contributed by atoms with E-state index in [0.717, 1.165) is 12.0 Å². The molecule has 2 fully saturated rings. The number of nitrogens with zero attached hydrogens (tertiary/aromatic N) is 2. The Morgan fingerprint density at radius 1 is 1.03 bits per heavy atom. The summed E-state index contributed by atoms with van der Waals surface area (Å²) < 4.78 is 31.9. The molecule has 1 amide bonds. The minimum absolute atomic E-state index is 0.0162. The first kappa shape index (κ1) is 22.7. The van der Waals surface area contributed by atoms with Crippen LogP contribution in [0.4, 0.5) is 0 Å². The molecule has 1 atom stereocenters. The molecule has 0 bridgehead atoms. The molecule has 2 aliphatic heterocycles. The molecule has 2 heterocycles. The largest absolute Gasteiger partial charge is 0.469 e. The summed E-state index contributed by atoms with van der Waals surface area (Å²) in [6.07, 6.45) is 3.92. The van der Waals surface area contributed by atoms with E-state index < -0.39 is 10.0 Å². The molecule has 0 spiro atoms. The first-order valence-corrected chi connectivity index (χ1v) is 12.4. The van der Waals surface area contributed by atoms with Gasteiger partial charge in [0, 0.05) is 26.2 Å². The van der Waals surface area contributed by atoms with Gasteiger partial charge >= 0.3 is 5.97 Å². The van der Waals surface area contributed by atoms with Gasteiger partial charge in [-0.25, -0.2) is 12.7 Å². The van der Waals surface area contributed by atoms with Gasteiger partial charge in [0.05, 0.1) is 24.7 Å². The summed E-state index contributed by atoms with van der Waals surface area (Å²) in [6.45, 7) is 1.81. The van der Waals surface area contributed by atoms with Gasteiger partial charge in [-0.05, 0) is 44.1 Å². The zero-order valence-electron chi connectivity index (χ0n) is 17.7. The van der Waals surface area contributed by atoms with Crippen molar-refractivity contribution < 1.29 is 22.7 Å². The smallest absolute Gasteiger partial charge is 0.308 e. The third-order valence-electron chi connectivity index (χ3n) is 6.18. The number of piperidine rings is 2. The Kier molecular flexibility index (Phi) is 7.88. The van der Waals surface area contributed by atoms with Crippen LogP contribution in [0.5, 0.6) is 0 Å². The fraction of sp³-hybridized carbons (Fsp3) is 0.636. The van der Waals surface area contributed by atoms with E-state index in [9.17, 15) is 18.0 Å². The average Bonchev–Trinajstić information content (AvgIpc) is 2.79. The van der Waals surface area contributed by atoms with Crippen molar-refractivity contribution in [3.63, 3.8) is 0 Å². The Morgan fingerprint density at radius 2 is 1.73 bits per heavy atom. The van der Waals surface area contributed by atoms with Gasteiger partial charge in [0.15, 0.2) is 0 Å². The summed E-state index contributed by atoms with van der Waals surface area (Å²) in [5.74, 6) is -0.535. The van der Waals surface area contributed by atoms with Gasteiger partial charge < -0.3 is 9.64 Å². The molecule has 2 aliphatic rings. The predicted octanol–water partition coefficient (Wildman–Crippen LogP) is 2.07. The highest BCUT2D eigenvalue weighted by Crippen LogP contribution is 2.25. The van der Waals surface area contributed by atoms with E-state index in [-0.39, 0.29) is 36.0 Å². The van der Waals surface area contributed by atoms with E-state index in [1.807, 2.05) is 30.3 Å². The summed E-state index contributed by atoms with van der Waals surface area (Å²) in [6, 6.07) is 9.87. The van der Waals surface area contributed by atoms with Gasteiger partial charge in [0.25, 0.3) is 0 Å². The van der Waals surface area contributed by atoms with Crippen LogP contribution in [0.2, 0.25) is 0 Å². The summed E-state index contributed by atoms with van der Waals surface area (Å²) in [4.78, 5) is 26.4. The minimum atomic E-state index is -3.37. The number of esters is 1. The highest BCUT2D eigenvalue weighted by molar-refractivity contribution is 7.89. The van der Waals surface area contributed by atoms with Crippen molar-refractivity contribution in [2.75, 3.05) is 39.0 Å². The highest BCUT2D eigenvalue weighted by Gasteiger charge is 2.36. The zero-order valence-corrected chi connectivity index (χ0v) is 18.5. The summed E-state index contributed by atoms with van der Waals surface area (Å²) >= 11 is 0. The van der Waals surface area contributed by atoms with Crippen molar-refractivity contribution in [1.29, 1.82) is 0 Å². The second-order valence-corrected chi connectivity index (χ2v) is 10.3. The van der Waals surface area contributed by atoms with Crippen LogP contribution < -0.4 is 0 Å². The van der Waals surface area contributed by atoms with Crippen LogP contribution in [0.1, 0.15) is 37.7 Å². The summed E-state index contributed by atoms with van der Waals surface area (Å²) in [7, 11) is -1.99. The van der Waals surface area contributed by atoms with Crippen LogP contribution in [0.3, 0.4) is 0 Å². The van der Waals surface area contributed by atoms with E-state index in [1.165, 1.54) is 11.4 Å². The zero-order chi connectivity index (χ0) is 21.6. The fourth-order valence-electron chi connectivity index (χ4n) is 4.39. The number of hydrogen-bond acceptors (Lipinski definition) is 5. The lowest BCUT2D eigenvalue weighted by Crippen LogP contribution is -2.49. The number of carbonyl (C=O) groups is 2. The van der Waals surface area contributed by atoms with Crippen LogP contribution in [0, 0.1) is 11.8 Å². The van der Waals surface area contributed by atoms with Gasteiger partial charge in [-0.2, -0.15) is 0 Å². The number of amides is 1. The van der Waals surface area contributed by atoms with Gasteiger partial charge in [-0.15, -0.1) is 0 Å². The maximum atomic E-state index is 13.0. The quantitative estimate of drug-likeness (QED) is 0.611. The van der Waals surface area contributed by atoms with E-state index in [4.69, 9.17) is 4.74 Å². The molecule has 0 saturated carbocycles. The first-order chi connectivity index (χ1) is 14.4. The number of hydrogen-bond donors (Lipinski definition) is 0. The number of carbonyl (C=O) groups excluding carboxylic acids is 2. The van der Waals surface area contributed by atoms with Gasteiger partial charge in [0.2, 0.25) is 15.9 Å². The Morgan fingerprint density at radius 3 is 2.40 bits per heavy atom. The number of benzene rings is 1. The Balaban J connectivity index is 1.50. The molecule has 0 unspecified atom stereocenters. The maximum Gasteiger partial charge on any atom is 0.308 e. The minimum Gasteiger partial charge on any atom is -0.469 e. The van der Waals surface area contributed by atoms with Crippen molar-refractivity contribution >= 4 is 21.9 Å². The molecule has 3 rings (SSSR count). The third-order valence-corrected chi connectivity index (χ3v) is 8.10. The number of sulfonamides is 1. The SMILES string of the molecule is COC(=O)C1CCN(C(=O)[C@@H]2CCCN(S(=O)(=O)CCCc3ccccc3)C2)CC1. The highest BCUT2D eigenvalue weighted by atomic mass is 32.2. The van der Waals surface area contributed by atoms with E-state index in [0.29, 0.717) is 51.7 Å². The molecule has 1 aromatic rings. The lowest BCUT2D eigenvalue weighted by molar-refractivity contribution is -0.149. The number of aryl methyl sites for hydroxylation is 1. The molecular weight excluding hydrogens is 404 g/mol. The number of rotatable bonds is 7. The van der Waals surface area contributed by atoms with Crippen molar-refractivity contribution in [2.24, 2.45) is 11.8 Å². The van der Waals surface area contributed by atoms with Crippen molar-refractivity contribution in [2.45, 2.75) is 38.5 Å². The molecule has 1 aromatic carbocycles. The Bertz CT molecular complexity index is 819. The molecule has 0 N–H and O–H groups in total. The van der Waals surface area contributed by atoms with Crippen molar-refractivity contribution in [1.82, 2.24) is 9.21 Å². The summed E-state index contributed by atoms with van der Waals surface area (Å²) in [5, 5.41) is 0. The van der Waals surface area contributed by atoms with Gasteiger partial charge in [-0.1, -0.05) is 30.3 Å². The molecule has 7 nitrogen and oxygen atoms in total. The second-order valence-electron chi connectivity index (χ2n) is 8.23. The topological polar surface area (TPSA) is 84.0 Å². The standard InChI is InChI=1S/C22H32N2O5S/c1-29-22(26)19-11-14-23(15-12-19)21(25)20-10-5-13-24(17-20)30(27,28)16-6-9-18-7-3-2-4-8-18/h2-4,7-8,19-20H,5-6,9-17H2,1H3/t20-/m1/s1.